The predicted octanol–water partition coefficient (Wildman–Crippen LogP) is 3.07. The third-order valence-corrected chi connectivity index (χ3v) is 3.26. The highest BCUT2D eigenvalue weighted by atomic mass is 79.9. The summed E-state index contributed by atoms with van der Waals surface area (Å²) in [4.78, 5) is 11.4. The molecule has 0 radical (unpaired) electrons. The molecule has 4 heteroatoms. The zero-order chi connectivity index (χ0) is 9.42. The van der Waals surface area contributed by atoms with E-state index in [-0.39, 0.29) is 5.78 Å². The molecule has 1 aliphatic heterocycles. The van der Waals surface area contributed by atoms with Crippen LogP contribution in [-0.2, 0) is 0 Å². The number of rotatable bonds is 0. The van der Waals surface area contributed by atoms with E-state index in [0.717, 1.165) is 0 Å². The fourth-order valence-corrected chi connectivity index (χ4v) is 1.88. The van der Waals surface area contributed by atoms with Crippen LogP contribution >= 0.6 is 27.5 Å². The fourth-order valence-electron chi connectivity index (χ4n) is 1.27. The van der Waals surface area contributed by atoms with Crippen LogP contribution in [0.1, 0.15) is 16.8 Å². The van der Waals surface area contributed by atoms with Gasteiger partial charge in [0.25, 0.3) is 0 Å². The highest BCUT2D eigenvalue weighted by Gasteiger charge is 2.21. The maximum Gasteiger partial charge on any atom is 0.170 e. The van der Waals surface area contributed by atoms with Gasteiger partial charge < -0.3 is 4.74 Å². The molecule has 68 valence electrons. The lowest BCUT2D eigenvalue weighted by Gasteiger charge is -2.17. The first-order valence-electron chi connectivity index (χ1n) is 3.84. The van der Waals surface area contributed by atoms with Crippen LogP contribution in [0.2, 0.25) is 5.02 Å². The van der Waals surface area contributed by atoms with E-state index in [1.165, 1.54) is 0 Å². The minimum Gasteiger partial charge on any atom is -0.491 e. The van der Waals surface area contributed by atoms with Gasteiger partial charge in [-0.15, -0.1) is 0 Å². The Hall–Kier alpha value is -0.540. The van der Waals surface area contributed by atoms with Crippen LogP contribution < -0.4 is 4.74 Å². The number of Topliss-reactive ketones (excluding diaryl/α,β-unsaturated/α-hetero) is 1. The number of fused-ring (bicyclic) bond motifs is 1. The average Bonchev–Trinajstić information content (AvgIpc) is 2.12. The second-order valence-electron chi connectivity index (χ2n) is 2.76. The van der Waals surface area contributed by atoms with Gasteiger partial charge in [-0.2, -0.15) is 0 Å². The normalized spacial score (nSPS) is 15.1. The molecular weight excluding hydrogens is 255 g/mol. The second kappa shape index (κ2) is 3.31. The molecule has 0 saturated heterocycles. The van der Waals surface area contributed by atoms with Crippen LogP contribution in [0.5, 0.6) is 5.75 Å². The van der Waals surface area contributed by atoms with Crippen LogP contribution in [0, 0.1) is 0 Å². The van der Waals surface area contributed by atoms with Gasteiger partial charge in [0.2, 0.25) is 0 Å². The zero-order valence-electron chi connectivity index (χ0n) is 6.64. The molecule has 0 bridgehead atoms. The quantitative estimate of drug-likeness (QED) is 0.717. The Morgan fingerprint density at radius 3 is 3.00 bits per heavy atom. The van der Waals surface area contributed by atoms with E-state index in [0.29, 0.717) is 33.8 Å². The standard InChI is InChI=1S/C9H6BrClO2/c10-8-6(11)2-1-5-7(12)3-4-13-9(5)8/h1-2H,3-4H2. The summed E-state index contributed by atoms with van der Waals surface area (Å²) in [6.45, 7) is 0.435. The topological polar surface area (TPSA) is 26.3 Å². The molecule has 0 aliphatic carbocycles. The molecule has 2 rings (SSSR count). The molecule has 0 aromatic heterocycles. The maximum absolute atomic E-state index is 11.4. The molecule has 2 nitrogen and oxygen atoms in total. The number of hydrogen-bond acceptors (Lipinski definition) is 2. The van der Waals surface area contributed by atoms with Crippen molar-refractivity contribution in [2.24, 2.45) is 0 Å². The highest BCUT2D eigenvalue weighted by Crippen LogP contribution is 2.37. The SMILES string of the molecule is O=C1CCOc2c1ccc(Cl)c2Br. The summed E-state index contributed by atoms with van der Waals surface area (Å²) >= 11 is 9.14. The summed E-state index contributed by atoms with van der Waals surface area (Å²) in [7, 11) is 0. The van der Waals surface area contributed by atoms with Crippen molar-refractivity contribution in [3.8, 4) is 5.75 Å². The smallest absolute Gasteiger partial charge is 0.170 e. The molecule has 0 amide bonds. The van der Waals surface area contributed by atoms with E-state index in [9.17, 15) is 4.79 Å². The van der Waals surface area contributed by atoms with E-state index in [4.69, 9.17) is 16.3 Å². The number of benzene rings is 1. The van der Waals surface area contributed by atoms with Gasteiger partial charge in [0.05, 0.1) is 21.7 Å². The lowest BCUT2D eigenvalue weighted by Crippen LogP contribution is -2.15. The van der Waals surface area contributed by atoms with E-state index < -0.39 is 0 Å². The Kier molecular flexibility index (Phi) is 2.30. The third-order valence-electron chi connectivity index (χ3n) is 1.93. The Morgan fingerprint density at radius 1 is 1.46 bits per heavy atom. The van der Waals surface area contributed by atoms with Gasteiger partial charge in [-0.25, -0.2) is 0 Å². The summed E-state index contributed by atoms with van der Waals surface area (Å²) in [5, 5.41) is 0.563. The van der Waals surface area contributed by atoms with Gasteiger partial charge in [0.15, 0.2) is 5.78 Å². The van der Waals surface area contributed by atoms with Crippen molar-refractivity contribution < 1.29 is 9.53 Å². The molecule has 0 N–H and O–H groups in total. The van der Waals surface area contributed by atoms with Crippen LogP contribution in [0.25, 0.3) is 0 Å². The molecule has 0 unspecified atom stereocenters. The summed E-state index contributed by atoms with van der Waals surface area (Å²) in [5.74, 6) is 0.683. The first kappa shape index (κ1) is 9.03. The van der Waals surface area contributed by atoms with Gasteiger partial charge >= 0.3 is 0 Å². The van der Waals surface area contributed by atoms with Crippen LogP contribution in [0.3, 0.4) is 0 Å². The molecule has 0 atom stereocenters. The molecule has 0 saturated carbocycles. The van der Waals surface area contributed by atoms with Crippen LogP contribution in [0.4, 0.5) is 0 Å². The van der Waals surface area contributed by atoms with E-state index in [1.807, 2.05) is 0 Å². The third kappa shape index (κ3) is 1.46. The second-order valence-corrected chi connectivity index (χ2v) is 3.96. The van der Waals surface area contributed by atoms with Crippen molar-refractivity contribution in [3.05, 3.63) is 27.2 Å². The molecule has 1 aromatic carbocycles. The highest BCUT2D eigenvalue weighted by molar-refractivity contribution is 9.10. The van der Waals surface area contributed by atoms with Gasteiger partial charge in [-0.05, 0) is 28.1 Å². The number of carbonyl (C=O) groups is 1. The average molecular weight is 262 g/mol. The first-order chi connectivity index (χ1) is 6.20. The van der Waals surface area contributed by atoms with Crippen molar-refractivity contribution >= 4 is 33.3 Å². The van der Waals surface area contributed by atoms with Crippen molar-refractivity contribution in [1.29, 1.82) is 0 Å². The number of ketones is 1. The van der Waals surface area contributed by atoms with Crippen molar-refractivity contribution in [3.63, 3.8) is 0 Å². The van der Waals surface area contributed by atoms with Gasteiger partial charge in [0, 0.05) is 6.42 Å². The molecule has 1 heterocycles. The molecular formula is C9H6BrClO2. The molecule has 1 aliphatic rings. The summed E-state index contributed by atoms with van der Waals surface area (Å²) < 4.78 is 6.02. The number of halogens is 2. The van der Waals surface area contributed by atoms with E-state index >= 15 is 0 Å². The number of ether oxygens (including phenoxy) is 1. The van der Waals surface area contributed by atoms with Crippen molar-refractivity contribution in [2.75, 3.05) is 6.61 Å². The van der Waals surface area contributed by atoms with Crippen LogP contribution in [0.15, 0.2) is 16.6 Å². The Morgan fingerprint density at radius 2 is 2.23 bits per heavy atom. The Balaban J connectivity index is 2.63. The minimum atomic E-state index is 0.110. The van der Waals surface area contributed by atoms with Crippen LogP contribution in [-0.4, -0.2) is 12.4 Å². The Bertz CT molecular complexity index is 376. The largest absolute Gasteiger partial charge is 0.491 e. The monoisotopic (exact) mass is 260 g/mol. The lowest BCUT2D eigenvalue weighted by molar-refractivity contribution is 0.0933. The molecule has 0 spiro atoms. The Labute approximate surface area is 89.0 Å². The first-order valence-corrected chi connectivity index (χ1v) is 5.01. The zero-order valence-corrected chi connectivity index (χ0v) is 8.98. The fraction of sp³-hybridized carbons (Fsp3) is 0.222. The predicted molar refractivity (Wildman–Crippen MR) is 53.6 cm³/mol. The van der Waals surface area contributed by atoms with Gasteiger partial charge in [-0.3, -0.25) is 4.79 Å². The van der Waals surface area contributed by atoms with Crippen molar-refractivity contribution in [1.82, 2.24) is 0 Å². The number of hydrogen-bond donors (Lipinski definition) is 0. The van der Waals surface area contributed by atoms with Gasteiger partial charge in [0.1, 0.15) is 5.75 Å². The summed E-state index contributed by atoms with van der Waals surface area (Å²) in [6, 6.07) is 3.39. The molecule has 0 fully saturated rings. The maximum atomic E-state index is 11.4. The number of carbonyl (C=O) groups excluding carboxylic acids is 1. The van der Waals surface area contributed by atoms with Gasteiger partial charge in [-0.1, -0.05) is 11.6 Å². The van der Waals surface area contributed by atoms with E-state index in [1.54, 1.807) is 12.1 Å². The summed E-state index contributed by atoms with van der Waals surface area (Å²) in [6.07, 6.45) is 0.446. The lowest BCUT2D eigenvalue weighted by atomic mass is 10.1. The summed E-state index contributed by atoms with van der Waals surface area (Å²) in [5.41, 5.74) is 0.613. The molecule has 13 heavy (non-hydrogen) atoms. The van der Waals surface area contributed by atoms with Crippen molar-refractivity contribution in [2.45, 2.75) is 6.42 Å². The van der Waals surface area contributed by atoms with E-state index in [2.05, 4.69) is 15.9 Å². The minimum absolute atomic E-state index is 0.110. The molecule has 1 aromatic rings.